The Morgan fingerprint density at radius 2 is 2.20 bits per heavy atom. The van der Waals surface area contributed by atoms with E-state index in [1.165, 1.54) is 30.7 Å². The summed E-state index contributed by atoms with van der Waals surface area (Å²) in [6.07, 6.45) is 6.95. The Hall–Kier alpha value is -0.410. The van der Waals surface area contributed by atoms with Gasteiger partial charge < -0.3 is 5.32 Å². The summed E-state index contributed by atoms with van der Waals surface area (Å²) in [5.41, 5.74) is 0.0814. The Bertz CT molecular complexity index is 259. The van der Waals surface area contributed by atoms with Crippen LogP contribution in [0.15, 0.2) is 11.6 Å². The van der Waals surface area contributed by atoms with Crippen LogP contribution in [0, 0.1) is 0 Å². The molecule has 0 fully saturated rings. The van der Waals surface area contributed by atoms with Gasteiger partial charge >= 0.3 is 0 Å². The summed E-state index contributed by atoms with van der Waals surface area (Å²) in [5, 5.41) is 6.85. The highest BCUT2D eigenvalue weighted by molar-refractivity contribution is 7.09. The van der Waals surface area contributed by atoms with Crippen molar-refractivity contribution < 1.29 is 0 Å². The molecule has 0 saturated carbocycles. The van der Waals surface area contributed by atoms with E-state index in [0.29, 0.717) is 0 Å². The maximum absolute atomic E-state index is 4.44. The number of nitrogens with one attached hydrogen (secondary N) is 1. The van der Waals surface area contributed by atoms with E-state index in [9.17, 15) is 0 Å². The number of rotatable bonds is 7. The van der Waals surface area contributed by atoms with Crippen LogP contribution in [-0.2, 0) is 5.54 Å². The normalized spacial score (nSPS) is 15.1. The molecule has 0 spiro atoms. The molecule has 0 aliphatic carbocycles. The van der Waals surface area contributed by atoms with E-state index in [1.54, 1.807) is 11.3 Å². The van der Waals surface area contributed by atoms with E-state index >= 15 is 0 Å². The fourth-order valence-corrected chi connectivity index (χ4v) is 2.69. The Kier molecular flexibility index (Phi) is 5.26. The van der Waals surface area contributed by atoms with Gasteiger partial charge in [0.2, 0.25) is 0 Å². The SMILES string of the molecule is CCCCCC(C)(NCC)c1nccs1. The minimum Gasteiger partial charge on any atom is -0.306 e. The van der Waals surface area contributed by atoms with Crippen molar-refractivity contribution in [2.45, 2.75) is 52.0 Å². The van der Waals surface area contributed by atoms with Gasteiger partial charge in [0.05, 0.1) is 5.54 Å². The lowest BCUT2D eigenvalue weighted by Gasteiger charge is -2.28. The lowest BCUT2D eigenvalue weighted by Crippen LogP contribution is -2.39. The van der Waals surface area contributed by atoms with E-state index in [-0.39, 0.29) is 5.54 Å². The van der Waals surface area contributed by atoms with Crippen molar-refractivity contribution >= 4 is 11.3 Å². The van der Waals surface area contributed by atoms with Crippen molar-refractivity contribution in [3.63, 3.8) is 0 Å². The zero-order valence-electron chi connectivity index (χ0n) is 10.0. The third kappa shape index (κ3) is 3.58. The lowest BCUT2D eigenvalue weighted by atomic mass is 9.95. The molecular weight excluding hydrogens is 204 g/mol. The molecule has 0 saturated heterocycles. The molecule has 2 nitrogen and oxygen atoms in total. The molecule has 1 atom stereocenters. The minimum atomic E-state index is 0.0814. The average molecular weight is 226 g/mol. The maximum Gasteiger partial charge on any atom is 0.112 e. The maximum atomic E-state index is 4.44. The number of nitrogens with zero attached hydrogens (tertiary/aromatic N) is 1. The molecule has 0 aliphatic rings. The van der Waals surface area contributed by atoms with E-state index in [1.807, 2.05) is 6.20 Å². The first-order chi connectivity index (χ1) is 7.23. The number of aromatic nitrogens is 1. The molecule has 1 rings (SSSR count). The molecule has 1 aromatic heterocycles. The molecule has 0 aromatic carbocycles. The van der Waals surface area contributed by atoms with Gasteiger partial charge in [-0.3, -0.25) is 0 Å². The van der Waals surface area contributed by atoms with Gasteiger partial charge in [0.15, 0.2) is 0 Å². The van der Waals surface area contributed by atoms with Crippen molar-refractivity contribution in [2.75, 3.05) is 6.54 Å². The van der Waals surface area contributed by atoms with Crippen LogP contribution in [0.2, 0.25) is 0 Å². The summed E-state index contributed by atoms with van der Waals surface area (Å²) >= 11 is 1.75. The molecule has 1 N–H and O–H groups in total. The summed E-state index contributed by atoms with van der Waals surface area (Å²) in [7, 11) is 0. The van der Waals surface area contributed by atoms with Crippen molar-refractivity contribution in [2.24, 2.45) is 0 Å². The van der Waals surface area contributed by atoms with Gasteiger partial charge in [-0.25, -0.2) is 4.98 Å². The van der Waals surface area contributed by atoms with Crippen molar-refractivity contribution in [1.82, 2.24) is 10.3 Å². The van der Waals surface area contributed by atoms with Gasteiger partial charge in [-0.05, 0) is 19.9 Å². The van der Waals surface area contributed by atoms with E-state index in [0.717, 1.165) is 6.54 Å². The third-order valence-corrected chi connectivity index (χ3v) is 3.79. The topological polar surface area (TPSA) is 24.9 Å². The zero-order chi connectivity index (χ0) is 11.1. The molecule has 0 radical (unpaired) electrons. The quantitative estimate of drug-likeness (QED) is 0.719. The molecule has 0 aliphatic heterocycles. The molecule has 1 unspecified atom stereocenters. The summed E-state index contributed by atoms with van der Waals surface area (Å²) in [6, 6.07) is 0. The molecule has 3 heteroatoms. The molecule has 1 aromatic rings. The van der Waals surface area contributed by atoms with Crippen LogP contribution in [-0.4, -0.2) is 11.5 Å². The number of hydrogen-bond acceptors (Lipinski definition) is 3. The monoisotopic (exact) mass is 226 g/mol. The predicted octanol–water partition coefficient (Wildman–Crippen LogP) is 3.55. The van der Waals surface area contributed by atoms with Crippen molar-refractivity contribution in [3.8, 4) is 0 Å². The second-order valence-electron chi connectivity index (χ2n) is 4.16. The Labute approximate surface area is 97.1 Å². The zero-order valence-corrected chi connectivity index (χ0v) is 10.9. The van der Waals surface area contributed by atoms with E-state index in [4.69, 9.17) is 0 Å². The predicted molar refractivity (Wildman–Crippen MR) is 67.3 cm³/mol. The average Bonchev–Trinajstić information content (AvgIpc) is 2.72. The van der Waals surface area contributed by atoms with Gasteiger partial charge in [-0.2, -0.15) is 0 Å². The van der Waals surface area contributed by atoms with E-state index in [2.05, 4.69) is 36.5 Å². The van der Waals surface area contributed by atoms with Crippen molar-refractivity contribution in [3.05, 3.63) is 16.6 Å². The molecule has 15 heavy (non-hydrogen) atoms. The smallest absolute Gasteiger partial charge is 0.112 e. The number of thiazole rings is 1. The third-order valence-electron chi connectivity index (χ3n) is 2.75. The van der Waals surface area contributed by atoms with Crippen molar-refractivity contribution in [1.29, 1.82) is 0 Å². The first kappa shape index (κ1) is 12.7. The Morgan fingerprint density at radius 1 is 1.40 bits per heavy atom. The molecule has 0 bridgehead atoms. The molecule has 0 amide bonds. The summed E-state index contributed by atoms with van der Waals surface area (Å²) in [6.45, 7) is 7.67. The van der Waals surface area contributed by atoms with Gasteiger partial charge in [0.25, 0.3) is 0 Å². The molecule has 1 heterocycles. The van der Waals surface area contributed by atoms with Crippen LogP contribution < -0.4 is 5.32 Å². The van der Waals surface area contributed by atoms with Crippen LogP contribution in [0.1, 0.15) is 51.5 Å². The van der Waals surface area contributed by atoms with Gasteiger partial charge in [-0.15, -0.1) is 11.3 Å². The van der Waals surface area contributed by atoms with Crippen LogP contribution >= 0.6 is 11.3 Å². The second kappa shape index (κ2) is 6.23. The highest BCUT2D eigenvalue weighted by Crippen LogP contribution is 2.28. The number of unbranched alkanes of at least 4 members (excludes halogenated alkanes) is 2. The molecular formula is C12H22N2S. The largest absolute Gasteiger partial charge is 0.306 e. The van der Waals surface area contributed by atoms with Gasteiger partial charge in [-0.1, -0.05) is 33.1 Å². The summed E-state index contributed by atoms with van der Waals surface area (Å²) in [5.74, 6) is 0. The van der Waals surface area contributed by atoms with Crippen LogP contribution in [0.5, 0.6) is 0 Å². The lowest BCUT2D eigenvalue weighted by molar-refractivity contribution is 0.333. The molecule has 86 valence electrons. The summed E-state index contributed by atoms with van der Waals surface area (Å²) < 4.78 is 0. The van der Waals surface area contributed by atoms with Crippen LogP contribution in [0.3, 0.4) is 0 Å². The van der Waals surface area contributed by atoms with Crippen LogP contribution in [0.25, 0.3) is 0 Å². The first-order valence-electron chi connectivity index (χ1n) is 5.88. The second-order valence-corrected chi connectivity index (χ2v) is 5.05. The minimum absolute atomic E-state index is 0.0814. The van der Waals surface area contributed by atoms with E-state index < -0.39 is 0 Å². The Balaban J connectivity index is 2.61. The summed E-state index contributed by atoms with van der Waals surface area (Å²) in [4.78, 5) is 4.44. The first-order valence-corrected chi connectivity index (χ1v) is 6.76. The Morgan fingerprint density at radius 3 is 2.73 bits per heavy atom. The van der Waals surface area contributed by atoms with Crippen LogP contribution in [0.4, 0.5) is 0 Å². The fraction of sp³-hybridized carbons (Fsp3) is 0.750. The highest BCUT2D eigenvalue weighted by Gasteiger charge is 2.27. The fourth-order valence-electron chi connectivity index (χ4n) is 1.89. The van der Waals surface area contributed by atoms with Gasteiger partial charge in [0.1, 0.15) is 5.01 Å². The highest BCUT2D eigenvalue weighted by atomic mass is 32.1. The number of hydrogen-bond donors (Lipinski definition) is 1. The van der Waals surface area contributed by atoms with Gasteiger partial charge in [0, 0.05) is 11.6 Å². The standard InChI is InChI=1S/C12H22N2S/c1-4-6-7-8-12(3,14-5-2)11-13-9-10-15-11/h9-10,14H,4-8H2,1-3H3.